The van der Waals surface area contributed by atoms with Gasteiger partial charge < -0.3 is 5.11 Å². The second-order valence-electron chi connectivity index (χ2n) is 4.87. The van der Waals surface area contributed by atoms with E-state index in [-0.39, 0.29) is 36.5 Å². The van der Waals surface area contributed by atoms with Gasteiger partial charge in [-0.1, -0.05) is 27.7 Å². The van der Waals surface area contributed by atoms with Gasteiger partial charge in [0.25, 0.3) is 0 Å². The Labute approximate surface area is 137 Å². The molecule has 0 spiro atoms. The predicted octanol–water partition coefficient (Wildman–Crippen LogP) is 2.40. The molecule has 22 heavy (non-hydrogen) atoms. The Bertz CT molecular complexity index is 491. The monoisotopic (exact) mass is 342 g/mol. The maximum Gasteiger partial charge on any atom is 0.303 e. The van der Waals surface area contributed by atoms with Crippen LogP contribution in [0.25, 0.3) is 0 Å². The zero-order valence-electron chi connectivity index (χ0n) is 12.0. The molecule has 1 N–H and O–H groups in total. The van der Waals surface area contributed by atoms with E-state index < -0.39 is 5.97 Å². The molecule has 1 atom stereocenters. The van der Waals surface area contributed by atoms with Crippen molar-refractivity contribution in [3.05, 3.63) is 24.4 Å². The second kappa shape index (κ2) is 8.28. The standard InChI is InChI=1S/C14H18N2O4S2/c17-11-7-8-12(18)16(11)15-9-3-1-5-13(15)22-21-10-4-2-6-14(19)20/h1,3,5,9,13H,2,4,6-8,10H2,(H,19,20). The number of carbonyl (C=O) groups excluding carboxylic acids is 2. The third-order valence-corrected chi connectivity index (χ3v) is 5.84. The maximum absolute atomic E-state index is 11.8. The van der Waals surface area contributed by atoms with Crippen LogP contribution in [0.2, 0.25) is 0 Å². The molecule has 1 fully saturated rings. The lowest BCUT2D eigenvalue weighted by atomic mass is 10.3. The summed E-state index contributed by atoms with van der Waals surface area (Å²) in [4.78, 5) is 34.1. The molecular weight excluding hydrogens is 324 g/mol. The van der Waals surface area contributed by atoms with E-state index in [0.717, 1.165) is 12.2 Å². The SMILES string of the molecule is O=C(O)CCCCSSC1C=CC=CN1N1C(=O)CCC1=O. The van der Waals surface area contributed by atoms with Crippen molar-refractivity contribution in [1.29, 1.82) is 0 Å². The summed E-state index contributed by atoms with van der Waals surface area (Å²) >= 11 is 0. The second-order valence-corrected chi connectivity index (χ2v) is 7.47. The first-order chi connectivity index (χ1) is 10.6. The summed E-state index contributed by atoms with van der Waals surface area (Å²) in [5.41, 5.74) is 0. The average Bonchev–Trinajstić information content (AvgIpc) is 2.82. The van der Waals surface area contributed by atoms with E-state index in [0.29, 0.717) is 6.42 Å². The number of hydrogen-bond donors (Lipinski definition) is 1. The van der Waals surface area contributed by atoms with Crippen LogP contribution in [0.3, 0.4) is 0 Å². The molecule has 2 aliphatic rings. The molecule has 1 saturated heterocycles. The fourth-order valence-electron chi connectivity index (χ4n) is 2.10. The molecule has 6 nitrogen and oxygen atoms in total. The Hall–Kier alpha value is -1.41. The highest BCUT2D eigenvalue weighted by atomic mass is 33.1. The van der Waals surface area contributed by atoms with Crippen LogP contribution >= 0.6 is 21.6 Å². The molecule has 0 saturated carbocycles. The Morgan fingerprint density at radius 1 is 1.23 bits per heavy atom. The number of aliphatic carboxylic acids is 1. The minimum absolute atomic E-state index is 0.111. The fraction of sp³-hybridized carbons (Fsp3) is 0.500. The lowest BCUT2D eigenvalue weighted by molar-refractivity contribution is -0.153. The van der Waals surface area contributed by atoms with Crippen LogP contribution in [0.15, 0.2) is 24.4 Å². The van der Waals surface area contributed by atoms with Crippen molar-refractivity contribution >= 4 is 39.4 Å². The smallest absolute Gasteiger partial charge is 0.303 e. The number of allylic oxidation sites excluding steroid dienone is 2. The Kier molecular flexibility index (Phi) is 6.38. The minimum Gasteiger partial charge on any atom is -0.481 e. The third-order valence-electron chi connectivity index (χ3n) is 3.18. The number of imide groups is 1. The van der Waals surface area contributed by atoms with Crippen LogP contribution < -0.4 is 0 Å². The third kappa shape index (κ3) is 4.54. The molecule has 0 radical (unpaired) electrons. The topological polar surface area (TPSA) is 77.9 Å². The summed E-state index contributed by atoms with van der Waals surface area (Å²) in [6.07, 6.45) is 9.60. The zero-order chi connectivity index (χ0) is 15.9. The van der Waals surface area contributed by atoms with Gasteiger partial charge >= 0.3 is 5.97 Å². The van der Waals surface area contributed by atoms with E-state index in [2.05, 4.69) is 0 Å². The quantitative estimate of drug-likeness (QED) is 0.412. The number of unbranched alkanes of at least 4 members (excludes halogenated alkanes) is 1. The molecule has 0 aliphatic carbocycles. The van der Waals surface area contributed by atoms with Crippen molar-refractivity contribution in [1.82, 2.24) is 10.0 Å². The highest BCUT2D eigenvalue weighted by Crippen LogP contribution is 2.34. The molecule has 2 heterocycles. The van der Waals surface area contributed by atoms with Crippen LogP contribution in [-0.2, 0) is 14.4 Å². The summed E-state index contributed by atoms with van der Waals surface area (Å²) in [5, 5.41) is 11.4. The molecule has 0 bridgehead atoms. The van der Waals surface area contributed by atoms with Crippen LogP contribution in [0.5, 0.6) is 0 Å². The molecule has 8 heteroatoms. The van der Waals surface area contributed by atoms with Gasteiger partial charge in [-0.2, -0.15) is 5.01 Å². The number of amides is 2. The lowest BCUT2D eigenvalue weighted by Crippen LogP contribution is -2.47. The predicted molar refractivity (Wildman–Crippen MR) is 86.5 cm³/mol. The summed E-state index contributed by atoms with van der Waals surface area (Å²) < 4.78 is 0. The van der Waals surface area contributed by atoms with Gasteiger partial charge in [-0.15, -0.1) is 0 Å². The van der Waals surface area contributed by atoms with Crippen molar-refractivity contribution in [2.45, 2.75) is 37.5 Å². The highest BCUT2D eigenvalue weighted by Gasteiger charge is 2.36. The summed E-state index contributed by atoms with van der Waals surface area (Å²) in [6, 6.07) is 0. The first kappa shape index (κ1) is 17.0. The van der Waals surface area contributed by atoms with Crippen LogP contribution in [0.1, 0.15) is 32.1 Å². The first-order valence-corrected chi connectivity index (χ1v) is 9.47. The number of hydrogen-bond acceptors (Lipinski definition) is 6. The number of rotatable bonds is 8. The van der Waals surface area contributed by atoms with Crippen LogP contribution in [0.4, 0.5) is 0 Å². The molecule has 120 valence electrons. The van der Waals surface area contributed by atoms with E-state index in [9.17, 15) is 14.4 Å². The number of carboxylic acid groups (broad SMARTS) is 1. The van der Waals surface area contributed by atoms with Gasteiger partial charge in [0.1, 0.15) is 5.37 Å². The number of hydrazine groups is 1. The van der Waals surface area contributed by atoms with Crippen LogP contribution in [0, 0.1) is 0 Å². The van der Waals surface area contributed by atoms with E-state index in [1.165, 1.54) is 5.01 Å². The van der Waals surface area contributed by atoms with Crippen molar-refractivity contribution in [2.24, 2.45) is 0 Å². The number of carbonyl (C=O) groups is 3. The van der Waals surface area contributed by atoms with Crippen molar-refractivity contribution in [2.75, 3.05) is 5.75 Å². The zero-order valence-corrected chi connectivity index (χ0v) is 13.6. The van der Waals surface area contributed by atoms with Gasteiger partial charge in [0.2, 0.25) is 11.8 Å². The van der Waals surface area contributed by atoms with Gasteiger partial charge in [-0.05, 0) is 25.0 Å². The van der Waals surface area contributed by atoms with Crippen molar-refractivity contribution in [3.8, 4) is 0 Å². The summed E-state index contributed by atoms with van der Waals surface area (Å²) in [5.74, 6) is -0.263. The molecule has 1 unspecified atom stereocenters. The highest BCUT2D eigenvalue weighted by molar-refractivity contribution is 8.77. The van der Waals surface area contributed by atoms with Gasteiger partial charge in [-0.25, -0.2) is 0 Å². The molecule has 2 aliphatic heterocycles. The Morgan fingerprint density at radius 3 is 2.64 bits per heavy atom. The maximum atomic E-state index is 11.8. The Morgan fingerprint density at radius 2 is 1.95 bits per heavy atom. The van der Waals surface area contributed by atoms with Crippen LogP contribution in [-0.4, -0.2) is 44.0 Å². The van der Waals surface area contributed by atoms with E-state index >= 15 is 0 Å². The van der Waals surface area contributed by atoms with Gasteiger partial charge in [-0.3, -0.25) is 19.4 Å². The van der Waals surface area contributed by atoms with E-state index in [1.54, 1.807) is 38.9 Å². The summed E-state index contributed by atoms with van der Waals surface area (Å²) in [7, 11) is 3.19. The molecule has 2 amide bonds. The molecular formula is C14H18N2O4S2. The molecule has 0 aromatic carbocycles. The van der Waals surface area contributed by atoms with Gasteiger partial charge in [0.05, 0.1) is 0 Å². The molecule has 0 aromatic rings. The largest absolute Gasteiger partial charge is 0.481 e. The van der Waals surface area contributed by atoms with E-state index in [4.69, 9.17) is 5.11 Å². The number of nitrogens with zero attached hydrogens (tertiary/aromatic N) is 2. The normalized spacial score (nSPS) is 21.0. The first-order valence-electron chi connectivity index (χ1n) is 7.08. The number of carboxylic acids is 1. The summed E-state index contributed by atoms with van der Waals surface area (Å²) in [6.45, 7) is 0. The van der Waals surface area contributed by atoms with E-state index in [1.807, 2.05) is 12.2 Å². The lowest BCUT2D eigenvalue weighted by Gasteiger charge is -2.35. The molecule has 0 aromatic heterocycles. The fourth-order valence-corrected chi connectivity index (χ4v) is 4.59. The van der Waals surface area contributed by atoms with Gasteiger partial charge in [0.15, 0.2) is 0 Å². The van der Waals surface area contributed by atoms with Crippen molar-refractivity contribution < 1.29 is 19.5 Å². The minimum atomic E-state index is -0.768. The Balaban J connectivity index is 1.80. The molecule has 2 rings (SSSR count). The van der Waals surface area contributed by atoms with Gasteiger partial charge in [0, 0.05) is 31.2 Å². The van der Waals surface area contributed by atoms with Crippen molar-refractivity contribution in [3.63, 3.8) is 0 Å². The average molecular weight is 342 g/mol.